The fraction of sp³-hybridized carbons (Fsp3) is 0.571. The van der Waals surface area contributed by atoms with E-state index in [0.717, 1.165) is 21.4 Å². The van der Waals surface area contributed by atoms with E-state index in [1.807, 2.05) is 18.5 Å². The normalized spacial score (nSPS) is 24.4. The zero-order chi connectivity index (χ0) is 19.5. The molecule has 153 valence electrons. The SMILES string of the molecule is CC1=C(C)C(C)[C]([Zr+2]([CH3])(=[CH]C(F)(F)F)[C]2=C(C)C(C)=C(C)C2C)=C1C.[Cl-].[Cl-]. The van der Waals surface area contributed by atoms with Crippen LogP contribution >= 0.6 is 0 Å². The van der Waals surface area contributed by atoms with Gasteiger partial charge in [0, 0.05) is 0 Å². The van der Waals surface area contributed by atoms with Gasteiger partial charge in [0.1, 0.15) is 0 Å². The molecular formula is C21H30Cl2F3Zr. The van der Waals surface area contributed by atoms with E-state index in [0.29, 0.717) is 0 Å². The molecule has 0 nitrogen and oxygen atoms in total. The average molecular weight is 502 g/mol. The van der Waals surface area contributed by atoms with Crippen molar-refractivity contribution in [1.29, 1.82) is 0 Å². The molecule has 0 N–H and O–H groups in total. The summed E-state index contributed by atoms with van der Waals surface area (Å²) < 4.78 is 46.1. The van der Waals surface area contributed by atoms with Crippen LogP contribution in [0.15, 0.2) is 40.0 Å². The van der Waals surface area contributed by atoms with Gasteiger partial charge in [-0.1, -0.05) is 0 Å². The van der Waals surface area contributed by atoms with Crippen molar-refractivity contribution >= 4 is 3.71 Å². The predicted molar refractivity (Wildman–Crippen MR) is 98.5 cm³/mol. The Balaban J connectivity index is 0.00000338. The first kappa shape index (κ1) is 27.1. The topological polar surface area (TPSA) is 0 Å². The Morgan fingerprint density at radius 1 is 0.704 bits per heavy atom. The Morgan fingerprint density at radius 2 is 1.00 bits per heavy atom. The van der Waals surface area contributed by atoms with Crippen molar-refractivity contribution in [3.63, 3.8) is 0 Å². The summed E-state index contributed by atoms with van der Waals surface area (Å²) in [5.74, 6) is 0.237. The molecule has 27 heavy (non-hydrogen) atoms. The third-order valence-electron chi connectivity index (χ3n) is 6.85. The molecule has 2 unspecified atom stereocenters. The molecule has 2 rings (SSSR count). The molecule has 6 heteroatoms. The fourth-order valence-electron chi connectivity index (χ4n) is 5.03. The Morgan fingerprint density at radius 3 is 1.19 bits per heavy atom. The van der Waals surface area contributed by atoms with Gasteiger partial charge in [0.2, 0.25) is 0 Å². The molecule has 0 saturated heterocycles. The molecule has 0 aromatic rings. The maximum absolute atomic E-state index is 13.7. The van der Waals surface area contributed by atoms with Crippen LogP contribution in [-0.2, 0) is 19.8 Å². The Labute approximate surface area is 178 Å². The molecule has 0 aromatic carbocycles. The van der Waals surface area contributed by atoms with Crippen molar-refractivity contribution in [1.82, 2.24) is 0 Å². The summed E-state index contributed by atoms with van der Waals surface area (Å²) in [6.45, 7) is 16.5. The van der Waals surface area contributed by atoms with Gasteiger partial charge in [-0.2, -0.15) is 0 Å². The van der Waals surface area contributed by atoms with Crippen molar-refractivity contribution in [3.8, 4) is 0 Å². The number of hydrogen-bond acceptors (Lipinski definition) is 0. The summed E-state index contributed by atoms with van der Waals surface area (Å²) in [4.78, 5) is 0. The first-order valence-electron chi connectivity index (χ1n) is 8.95. The monoisotopic (exact) mass is 499 g/mol. The molecule has 2 aliphatic rings. The quantitative estimate of drug-likeness (QED) is 0.532. The van der Waals surface area contributed by atoms with Gasteiger partial charge in [-0.25, -0.2) is 0 Å². The molecule has 2 atom stereocenters. The van der Waals surface area contributed by atoms with Crippen LogP contribution in [0, 0.1) is 11.8 Å². The standard InChI is InChI=1S/2C9H13.C2HF3.CH3.2ClH.Zr/c2*1-6-5-7(2)9(4)8(6)3;1-2(3,4)5;;;;/h2*6H,1-4H3;1H;1H3;2*1H;/q;;;;;;+2/p-2. The van der Waals surface area contributed by atoms with Crippen molar-refractivity contribution in [2.75, 3.05) is 0 Å². The summed E-state index contributed by atoms with van der Waals surface area (Å²) in [5.41, 5.74) is 7.06. The van der Waals surface area contributed by atoms with Gasteiger partial charge in [0.25, 0.3) is 0 Å². The maximum atomic E-state index is 13.7. The number of halogens is 5. The molecule has 0 spiro atoms. The third kappa shape index (κ3) is 4.48. The third-order valence-corrected chi connectivity index (χ3v) is 18.5. The summed E-state index contributed by atoms with van der Waals surface area (Å²) in [5, 5.41) is 0. The second kappa shape index (κ2) is 8.84. The van der Waals surface area contributed by atoms with Crippen LogP contribution in [-0.4, -0.2) is 9.89 Å². The first-order chi connectivity index (χ1) is 11.2. The second-order valence-corrected chi connectivity index (χ2v) is 17.3. The van der Waals surface area contributed by atoms with Crippen molar-refractivity contribution < 1.29 is 57.8 Å². The van der Waals surface area contributed by atoms with Crippen LogP contribution in [0.3, 0.4) is 0 Å². The molecule has 0 bridgehead atoms. The van der Waals surface area contributed by atoms with E-state index in [2.05, 4.69) is 41.5 Å². The van der Waals surface area contributed by atoms with E-state index >= 15 is 0 Å². The van der Waals surface area contributed by atoms with Crippen molar-refractivity contribution in [2.24, 2.45) is 11.8 Å². The second-order valence-electron chi connectivity index (χ2n) is 8.03. The zero-order valence-corrected chi connectivity index (χ0v) is 21.6. The largest absolute Gasteiger partial charge is 1.00 e. The number of rotatable bonds is 2. The Kier molecular flexibility index (Phi) is 8.87. The molecule has 2 aliphatic carbocycles. The zero-order valence-electron chi connectivity index (χ0n) is 17.6. The smallest absolute Gasteiger partial charge is 1.00 e. The van der Waals surface area contributed by atoms with Crippen LogP contribution in [0.1, 0.15) is 55.4 Å². The van der Waals surface area contributed by atoms with Gasteiger partial charge < -0.3 is 24.8 Å². The summed E-state index contributed by atoms with van der Waals surface area (Å²) in [6.07, 6.45) is -4.24. The Hall–Kier alpha value is 0.0831. The molecule has 0 heterocycles. The van der Waals surface area contributed by atoms with E-state index in [9.17, 15) is 13.2 Å². The molecule has 0 aromatic heterocycles. The molecule has 0 saturated carbocycles. The van der Waals surface area contributed by atoms with Crippen LogP contribution in [0.25, 0.3) is 0 Å². The minimum absolute atomic E-state index is 0. The van der Waals surface area contributed by atoms with Gasteiger partial charge in [0.05, 0.1) is 0 Å². The minimum Gasteiger partial charge on any atom is -1.00 e. The van der Waals surface area contributed by atoms with Gasteiger partial charge in [-0.15, -0.1) is 0 Å². The van der Waals surface area contributed by atoms with Gasteiger partial charge >= 0.3 is 155 Å². The van der Waals surface area contributed by atoms with E-state index in [4.69, 9.17) is 0 Å². The van der Waals surface area contributed by atoms with E-state index < -0.39 is 26.0 Å². The van der Waals surface area contributed by atoms with E-state index in [1.165, 1.54) is 22.3 Å². The van der Waals surface area contributed by atoms with Crippen LogP contribution in [0.5, 0.6) is 0 Å². The molecule has 0 fully saturated rings. The average Bonchev–Trinajstić information content (AvgIpc) is 2.78. The Bertz CT molecular complexity index is 752. The molecule has 0 radical (unpaired) electrons. The van der Waals surface area contributed by atoms with Gasteiger partial charge in [-0.3, -0.25) is 0 Å². The van der Waals surface area contributed by atoms with Gasteiger partial charge in [0.15, 0.2) is 0 Å². The van der Waals surface area contributed by atoms with E-state index in [-0.39, 0.29) is 36.6 Å². The number of alkyl halides is 3. The van der Waals surface area contributed by atoms with Crippen LogP contribution < -0.4 is 24.8 Å². The van der Waals surface area contributed by atoms with Crippen LogP contribution in [0.2, 0.25) is 4.63 Å². The maximum Gasteiger partial charge on any atom is -1.00 e. The fourth-order valence-corrected chi connectivity index (χ4v) is 18.4. The molecular weight excluding hydrogens is 471 g/mol. The number of allylic oxidation sites excluding steroid dienone is 8. The van der Waals surface area contributed by atoms with E-state index in [1.54, 1.807) is 0 Å². The summed E-state index contributed by atoms with van der Waals surface area (Å²) in [6, 6.07) is 0. The first-order valence-corrected chi connectivity index (χ1v) is 15.3. The summed E-state index contributed by atoms with van der Waals surface area (Å²) >= 11 is -3.98. The molecule has 0 aliphatic heterocycles. The summed E-state index contributed by atoms with van der Waals surface area (Å²) in [7, 11) is 0. The number of hydrogen-bond donors (Lipinski definition) is 0. The minimum atomic E-state index is -4.24. The predicted octanol–water partition coefficient (Wildman–Crippen LogP) is 1.08. The molecule has 0 amide bonds. The van der Waals surface area contributed by atoms with Crippen molar-refractivity contribution in [2.45, 2.75) is 66.2 Å². The van der Waals surface area contributed by atoms with Gasteiger partial charge in [-0.05, 0) is 0 Å². The van der Waals surface area contributed by atoms with Crippen molar-refractivity contribution in [3.05, 3.63) is 40.0 Å². The van der Waals surface area contributed by atoms with Crippen LogP contribution in [0.4, 0.5) is 13.2 Å².